The molecule has 2 aliphatic rings. The van der Waals surface area contributed by atoms with Gasteiger partial charge in [0.25, 0.3) is 6.71 Å². The van der Waals surface area contributed by atoms with Gasteiger partial charge in [0.15, 0.2) is 16.1 Å². The molecular formula is C78H72BNOSi2. The van der Waals surface area contributed by atoms with Crippen LogP contribution in [0.15, 0.2) is 273 Å². The van der Waals surface area contributed by atoms with Gasteiger partial charge < -0.3 is 9.64 Å². The van der Waals surface area contributed by atoms with Crippen molar-refractivity contribution >= 4 is 97.8 Å². The summed E-state index contributed by atoms with van der Waals surface area (Å²) in [5.74, 6) is 1.85. The van der Waals surface area contributed by atoms with Gasteiger partial charge in [-0.1, -0.05) is 311 Å². The van der Waals surface area contributed by atoms with Crippen molar-refractivity contribution in [3.63, 3.8) is 0 Å². The number of anilines is 3. The van der Waals surface area contributed by atoms with Gasteiger partial charge >= 0.3 is 0 Å². The highest BCUT2D eigenvalue weighted by Gasteiger charge is 2.56. The smallest absolute Gasteiger partial charge is 0.256 e. The summed E-state index contributed by atoms with van der Waals surface area (Å²) in [5, 5.41) is 10.4. The summed E-state index contributed by atoms with van der Waals surface area (Å²) in [7, 11) is -7.25. The van der Waals surface area contributed by atoms with Crippen molar-refractivity contribution in [2.24, 2.45) is 0 Å². The van der Waals surface area contributed by atoms with E-state index in [1.54, 1.807) is 0 Å². The topological polar surface area (TPSA) is 12.5 Å². The van der Waals surface area contributed by atoms with E-state index < -0.39 is 16.1 Å². The molecule has 0 spiro atoms. The van der Waals surface area contributed by atoms with Crippen LogP contribution in [0.3, 0.4) is 0 Å². The molecule has 2 aliphatic heterocycles. The molecule has 0 aromatic heterocycles. The molecule has 0 saturated heterocycles. The molecule has 0 atom stereocenters. The minimum Gasteiger partial charge on any atom is -0.458 e. The lowest BCUT2D eigenvalue weighted by atomic mass is 9.33. The van der Waals surface area contributed by atoms with Gasteiger partial charge in [-0.2, -0.15) is 0 Å². The molecule has 83 heavy (non-hydrogen) atoms. The Labute approximate surface area is 495 Å². The second-order valence-corrected chi connectivity index (χ2v) is 33.4. The van der Waals surface area contributed by atoms with Crippen LogP contribution >= 0.6 is 0 Å². The Morgan fingerprint density at radius 3 is 1.10 bits per heavy atom. The predicted octanol–water partition coefficient (Wildman–Crippen LogP) is 12.4. The molecule has 0 bridgehead atoms. The van der Waals surface area contributed by atoms with Gasteiger partial charge in [0.1, 0.15) is 11.5 Å². The minimum absolute atomic E-state index is 0.0595. The van der Waals surface area contributed by atoms with E-state index in [1.165, 1.54) is 91.5 Å². The summed E-state index contributed by atoms with van der Waals surface area (Å²) in [6, 6.07) is 105. The first-order valence-electron chi connectivity index (χ1n) is 29.6. The molecule has 2 nitrogen and oxygen atoms in total. The molecule has 0 saturated carbocycles. The third-order valence-electron chi connectivity index (χ3n) is 17.9. The fraction of sp³-hybridized carbons (Fsp3) is 0.154. The molecule has 0 aliphatic carbocycles. The van der Waals surface area contributed by atoms with Crippen LogP contribution in [0.4, 0.5) is 17.1 Å². The number of hydrogen-bond acceptors (Lipinski definition) is 2. The quantitative estimate of drug-likeness (QED) is 0.1000. The molecule has 13 rings (SSSR count). The normalized spacial score (nSPS) is 13.2. The zero-order valence-electron chi connectivity index (χ0n) is 49.4. The monoisotopic (exact) mass is 1110 g/mol. The van der Waals surface area contributed by atoms with Gasteiger partial charge in [0.05, 0.1) is 0 Å². The maximum atomic E-state index is 8.32. The lowest BCUT2D eigenvalue weighted by Crippen LogP contribution is -2.80. The van der Waals surface area contributed by atoms with Gasteiger partial charge in [-0.25, -0.2) is 0 Å². The van der Waals surface area contributed by atoms with E-state index >= 15 is 0 Å². The minimum atomic E-state index is -3.65. The molecule has 11 aromatic carbocycles. The van der Waals surface area contributed by atoms with E-state index in [0.717, 1.165) is 22.7 Å². The lowest BCUT2D eigenvalue weighted by Gasteiger charge is -2.49. The Morgan fingerprint density at radius 2 is 0.699 bits per heavy atom. The standard InChI is InChI=1S/C78H72BNOSi2/c1-76(2,3)56-45-49-59(50-46-56)80-68-51-47-57(77(4,5)6)53-66(68)79-67-54-58(78(7,8)9)48-52-69(67)81-73-71(79)72(80)74(82(60-33-19-11-20-34-60,61-35-21-12-22-36-61)62-37-23-13-24-38-62)70(55-31-17-10-18-32-55)75(73)83(63-39-25-14-26-40-63,64-41-27-15-28-42-64)65-43-29-16-30-44-65/h10-54H,1-9H3. The molecule has 0 radical (unpaired) electrons. The molecule has 5 heteroatoms. The van der Waals surface area contributed by atoms with E-state index in [0.29, 0.717) is 0 Å². The lowest BCUT2D eigenvalue weighted by molar-refractivity contribution is 0.490. The number of nitrogens with zero attached hydrogens (tertiary/aromatic N) is 1. The van der Waals surface area contributed by atoms with E-state index in [4.69, 9.17) is 4.74 Å². The van der Waals surface area contributed by atoms with Gasteiger partial charge in [0.2, 0.25) is 0 Å². The van der Waals surface area contributed by atoms with Crippen LogP contribution in [-0.4, -0.2) is 22.9 Å². The van der Waals surface area contributed by atoms with Crippen LogP contribution in [0.1, 0.15) is 79.0 Å². The van der Waals surface area contributed by atoms with Crippen LogP contribution in [0, 0.1) is 0 Å². The first kappa shape index (κ1) is 53.8. The second-order valence-electron chi connectivity index (χ2n) is 26.0. The van der Waals surface area contributed by atoms with Crippen molar-refractivity contribution in [3.05, 3.63) is 290 Å². The SMILES string of the molecule is CC(C)(C)c1ccc(N2c3ccc(C(C)(C)C)cc3B3c4cc(C(C)(C)C)ccc4Oc4c3c2c([Si](c2ccccc2)(c2ccccc2)c2ccccc2)c(-c2ccccc2)c4[Si](c2ccccc2)(c2ccccc2)c2ccccc2)cc1. The van der Waals surface area contributed by atoms with Gasteiger partial charge in [-0.3, -0.25) is 0 Å². The number of hydrogen-bond donors (Lipinski definition) is 0. The summed E-state index contributed by atoms with van der Waals surface area (Å²) in [5.41, 5.74) is 13.1. The second kappa shape index (κ2) is 20.7. The van der Waals surface area contributed by atoms with E-state index in [1.807, 2.05) is 0 Å². The number of rotatable bonds is 10. The van der Waals surface area contributed by atoms with Crippen LogP contribution in [-0.2, 0) is 16.2 Å². The number of fused-ring (bicyclic) bond motifs is 4. The summed E-state index contributed by atoms with van der Waals surface area (Å²) in [4.78, 5) is 2.70. The van der Waals surface area contributed by atoms with Crippen molar-refractivity contribution in [2.75, 3.05) is 4.90 Å². The summed E-state index contributed by atoms with van der Waals surface area (Å²) >= 11 is 0. The van der Waals surface area contributed by atoms with Crippen molar-refractivity contribution in [3.8, 4) is 22.6 Å². The van der Waals surface area contributed by atoms with Crippen LogP contribution in [0.25, 0.3) is 11.1 Å². The first-order valence-corrected chi connectivity index (χ1v) is 33.6. The van der Waals surface area contributed by atoms with Crippen LogP contribution < -0.4 is 67.5 Å². The first-order chi connectivity index (χ1) is 40.1. The highest BCUT2D eigenvalue weighted by Crippen LogP contribution is 2.45. The maximum Gasteiger partial charge on any atom is 0.256 e. The van der Waals surface area contributed by atoms with Gasteiger partial charge in [0, 0.05) is 22.2 Å². The Morgan fingerprint density at radius 1 is 0.349 bits per heavy atom. The third-order valence-corrected chi connectivity index (χ3v) is 27.5. The van der Waals surface area contributed by atoms with Crippen molar-refractivity contribution in [2.45, 2.75) is 78.6 Å². The van der Waals surface area contributed by atoms with Gasteiger partial charge in [-0.15, -0.1) is 0 Å². The molecule has 0 N–H and O–H groups in total. The molecule has 0 unspecified atom stereocenters. The summed E-state index contributed by atoms with van der Waals surface area (Å²) in [6.45, 7) is 20.8. The molecule has 11 aromatic rings. The fourth-order valence-corrected chi connectivity index (χ4v) is 24.3. The van der Waals surface area contributed by atoms with E-state index in [-0.39, 0.29) is 23.0 Å². The zero-order valence-corrected chi connectivity index (χ0v) is 51.4. The zero-order chi connectivity index (χ0) is 57.3. The Bertz CT molecular complexity index is 3940. The fourth-order valence-electron chi connectivity index (χ4n) is 13.8. The average molecular weight is 1110 g/mol. The average Bonchev–Trinajstić information content (AvgIpc) is 2.00. The highest BCUT2D eigenvalue weighted by molar-refractivity contribution is 7.24. The van der Waals surface area contributed by atoms with Crippen molar-refractivity contribution < 1.29 is 4.74 Å². The summed E-state index contributed by atoms with van der Waals surface area (Å²) in [6.07, 6.45) is 0. The Hall–Kier alpha value is -8.48. The molecule has 0 amide bonds. The van der Waals surface area contributed by atoms with Crippen LogP contribution in [0.2, 0.25) is 0 Å². The third kappa shape index (κ3) is 8.90. The van der Waals surface area contributed by atoms with Crippen LogP contribution in [0.5, 0.6) is 11.5 Å². The Kier molecular flexibility index (Phi) is 13.4. The van der Waals surface area contributed by atoms with E-state index in [9.17, 15) is 0 Å². The molecule has 2 heterocycles. The van der Waals surface area contributed by atoms with Crippen molar-refractivity contribution in [1.82, 2.24) is 0 Å². The number of ether oxygens (including phenoxy) is 1. The number of benzene rings is 11. The van der Waals surface area contributed by atoms with Gasteiger partial charge in [-0.05, 0) is 121 Å². The molecule has 0 fully saturated rings. The Balaban J connectivity index is 1.40. The molecular weight excluding hydrogens is 1030 g/mol. The largest absolute Gasteiger partial charge is 0.458 e. The summed E-state index contributed by atoms with van der Waals surface area (Å²) < 4.78 is 8.32. The highest BCUT2D eigenvalue weighted by atomic mass is 28.3. The molecule has 406 valence electrons. The predicted molar refractivity (Wildman–Crippen MR) is 361 cm³/mol. The van der Waals surface area contributed by atoms with Crippen molar-refractivity contribution in [1.29, 1.82) is 0 Å². The maximum absolute atomic E-state index is 8.32. The van der Waals surface area contributed by atoms with E-state index in [2.05, 4.69) is 340 Å².